The number of carbonyl (C=O) groups excluding carboxylic acids is 2. The van der Waals surface area contributed by atoms with Gasteiger partial charge in [-0.1, -0.05) is 54.6 Å². The Hall–Kier alpha value is -3.45. The van der Waals surface area contributed by atoms with Crippen LogP contribution in [0.2, 0.25) is 0 Å². The van der Waals surface area contributed by atoms with Crippen molar-refractivity contribution in [1.82, 2.24) is 0 Å². The zero-order valence-corrected chi connectivity index (χ0v) is 15.7. The maximum atomic E-state index is 12.0. The highest BCUT2D eigenvalue weighted by molar-refractivity contribution is 6.36. The fraction of sp³-hybridized carbons (Fsp3) is 0.190. The topological polar surface area (TPSA) is 97.2 Å². The summed E-state index contributed by atoms with van der Waals surface area (Å²) < 4.78 is 9.47. The molecular weight excluding hydrogens is 360 g/mol. The smallest absolute Gasteiger partial charge is 0.354 e. The number of hydrogen-bond donors (Lipinski definition) is 2. The Morgan fingerprint density at radius 3 is 2.43 bits per heavy atom. The van der Waals surface area contributed by atoms with E-state index in [1.165, 1.54) is 14.2 Å². The number of esters is 2. The zero-order valence-electron chi connectivity index (χ0n) is 15.7. The lowest BCUT2D eigenvalue weighted by molar-refractivity contribution is -0.132. The predicted octanol–water partition coefficient (Wildman–Crippen LogP) is 3.09. The second kappa shape index (κ2) is 10.6. The van der Waals surface area contributed by atoms with Gasteiger partial charge >= 0.3 is 11.9 Å². The molecule has 0 aliphatic rings. The number of methoxy groups -OCH3 is 2. The predicted molar refractivity (Wildman–Crippen MR) is 106 cm³/mol. The standard InChI is InChI=1S/C21H22N2O5/c1-27-20(25)16-11-6-7-12-17(16)22-23-18(21(26)28-2)13-8-14-19(24)15-9-4-3-5-10-15/h3-12,14,19,22,24H,13H2,1-2H3/b14-8+,23-18+. The van der Waals surface area contributed by atoms with E-state index < -0.39 is 18.0 Å². The molecule has 2 aromatic carbocycles. The third-order valence-corrected chi connectivity index (χ3v) is 3.84. The Balaban J connectivity index is 2.13. The summed E-state index contributed by atoms with van der Waals surface area (Å²) in [6.07, 6.45) is 2.52. The summed E-state index contributed by atoms with van der Waals surface area (Å²) in [6.45, 7) is 0. The first kappa shape index (κ1) is 20.9. The maximum absolute atomic E-state index is 12.0. The molecule has 0 saturated carbocycles. The van der Waals surface area contributed by atoms with Gasteiger partial charge in [-0.3, -0.25) is 5.43 Å². The number of carbonyl (C=O) groups is 2. The van der Waals surface area contributed by atoms with Gasteiger partial charge in [-0.05, 0) is 17.7 Å². The Morgan fingerprint density at radius 2 is 1.75 bits per heavy atom. The molecule has 28 heavy (non-hydrogen) atoms. The minimum atomic E-state index is -0.798. The largest absolute Gasteiger partial charge is 0.465 e. The van der Waals surface area contributed by atoms with E-state index in [4.69, 9.17) is 9.47 Å². The molecule has 0 radical (unpaired) electrons. The van der Waals surface area contributed by atoms with Crippen molar-refractivity contribution in [1.29, 1.82) is 0 Å². The summed E-state index contributed by atoms with van der Waals surface area (Å²) >= 11 is 0. The van der Waals surface area contributed by atoms with Gasteiger partial charge in [-0.25, -0.2) is 9.59 Å². The van der Waals surface area contributed by atoms with Crippen LogP contribution in [0.25, 0.3) is 0 Å². The SMILES string of the molecule is COC(=O)/C(C/C=C/C(O)c1ccccc1)=N/Nc1ccccc1C(=O)OC. The normalized spacial score (nSPS) is 12.5. The second-order valence-corrected chi connectivity index (χ2v) is 5.69. The Morgan fingerprint density at radius 1 is 1.07 bits per heavy atom. The van der Waals surface area contributed by atoms with E-state index in [1.807, 2.05) is 18.2 Å². The molecule has 7 nitrogen and oxygen atoms in total. The third-order valence-electron chi connectivity index (χ3n) is 3.84. The number of benzene rings is 2. The van der Waals surface area contributed by atoms with Crippen molar-refractivity contribution in [2.75, 3.05) is 19.6 Å². The number of anilines is 1. The fourth-order valence-electron chi connectivity index (χ4n) is 2.36. The van der Waals surface area contributed by atoms with E-state index in [9.17, 15) is 14.7 Å². The summed E-state index contributed by atoms with van der Waals surface area (Å²) in [5.74, 6) is -1.15. The number of hydrazone groups is 1. The van der Waals surface area contributed by atoms with Crippen molar-refractivity contribution in [2.24, 2.45) is 5.10 Å². The molecule has 0 amide bonds. The van der Waals surface area contributed by atoms with Crippen LogP contribution in [0.5, 0.6) is 0 Å². The summed E-state index contributed by atoms with van der Waals surface area (Å²) in [4.78, 5) is 23.8. The molecule has 0 fully saturated rings. The Kier molecular flexibility index (Phi) is 7.92. The fourth-order valence-corrected chi connectivity index (χ4v) is 2.36. The quantitative estimate of drug-likeness (QED) is 0.315. The van der Waals surface area contributed by atoms with Crippen LogP contribution in [0, 0.1) is 0 Å². The first-order valence-electron chi connectivity index (χ1n) is 8.54. The Bertz CT molecular complexity index is 862. The van der Waals surface area contributed by atoms with E-state index in [1.54, 1.807) is 48.6 Å². The number of ether oxygens (including phenoxy) is 2. The van der Waals surface area contributed by atoms with Gasteiger partial charge in [-0.15, -0.1) is 0 Å². The average molecular weight is 382 g/mol. The molecule has 0 bridgehead atoms. The van der Waals surface area contributed by atoms with Crippen molar-refractivity contribution >= 4 is 23.3 Å². The molecule has 146 valence electrons. The van der Waals surface area contributed by atoms with Crippen LogP contribution in [-0.2, 0) is 14.3 Å². The molecule has 0 heterocycles. The number of nitrogens with zero attached hydrogens (tertiary/aromatic N) is 1. The Labute approximate surface area is 163 Å². The van der Waals surface area contributed by atoms with E-state index in [2.05, 4.69) is 10.5 Å². The molecule has 7 heteroatoms. The first-order valence-corrected chi connectivity index (χ1v) is 8.54. The first-order chi connectivity index (χ1) is 13.6. The molecule has 0 saturated heterocycles. The average Bonchev–Trinajstić information content (AvgIpc) is 2.75. The molecule has 1 unspecified atom stereocenters. The van der Waals surface area contributed by atoms with Crippen molar-refractivity contribution in [3.8, 4) is 0 Å². The second-order valence-electron chi connectivity index (χ2n) is 5.69. The van der Waals surface area contributed by atoms with Gasteiger partial charge in [0, 0.05) is 6.42 Å². The van der Waals surface area contributed by atoms with Crippen molar-refractivity contribution in [3.05, 3.63) is 77.9 Å². The van der Waals surface area contributed by atoms with Gasteiger partial charge in [0.2, 0.25) is 0 Å². The van der Waals surface area contributed by atoms with Gasteiger partial charge in [-0.2, -0.15) is 5.10 Å². The van der Waals surface area contributed by atoms with Crippen molar-refractivity contribution in [3.63, 3.8) is 0 Å². The molecule has 2 aromatic rings. The zero-order chi connectivity index (χ0) is 20.4. The lowest BCUT2D eigenvalue weighted by Gasteiger charge is -2.08. The summed E-state index contributed by atoms with van der Waals surface area (Å²) in [7, 11) is 2.54. The van der Waals surface area contributed by atoms with Gasteiger partial charge < -0.3 is 14.6 Å². The molecule has 0 spiro atoms. The molecule has 0 aliphatic heterocycles. The number of aliphatic hydroxyl groups is 1. The van der Waals surface area contributed by atoms with Crippen molar-refractivity contribution < 1.29 is 24.2 Å². The van der Waals surface area contributed by atoms with Crippen LogP contribution in [0.4, 0.5) is 5.69 Å². The van der Waals surface area contributed by atoms with Crippen molar-refractivity contribution in [2.45, 2.75) is 12.5 Å². The summed E-state index contributed by atoms with van der Waals surface area (Å²) in [5, 5.41) is 14.2. The number of hydrogen-bond acceptors (Lipinski definition) is 7. The highest BCUT2D eigenvalue weighted by Crippen LogP contribution is 2.17. The van der Waals surface area contributed by atoms with Gasteiger partial charge in [0.05, 0.1) is 31.6 Å². The van der Waals surface area contributed by atoms with Crippen LogP contribution in [0.15, 0.2) is 71.9 Å². The minimum absolute atomic E-state index is 0.0821. The van der Waals surface area contributed by atoms with Gasteiger partial charge in [0.25, 0.3) is 0 Å². The molecule has 2 rings (SSSR count). The molecule has 2 N–H and O–H groups in total. The summed E-state index contributed by atoms with van der Waals surface area (Å²) in [5.41, 5.74) is 4.20. The van der Waals surface area contributed by atoms with Crippen LogP contribution in [-0.4, -0.2) is 37.0 Å². The lowest BCUT2D eigenvalue weighted by Crippen LogP contribution is -2.17. The monoisotopic (exact) mass is 382 g/mol. The highest BCUT2D eigenvalue weighted by atomic mass is 16.5. The van der Waals surface area contributed by atoms with Crippen LogP contribution in [0.1, 0.15) is 28.4 Å². The summed E-state index contributed by atoms with van der Waals surface area (Å²) in [6, 6.07) is 15.8. The van der Waals surface area contributed by atoms with E-state index >= 15 is 0 Å². The van der Waals surface area contributed by atoms with Crippen LogP contribution in [0.3, 0.4) is 0 Å². The van der Waals surface area contributed by atoms with Crippen LogP contribution < -0.4 is 5.43 Å². The van der Waals surface area contributed by atoms with E-state index in [0.717, 1.165) is 5.56 Å². The third kappa shape index (κ3) is 5.78. The van der Waals surface area contributed by atoms with E-state index in [0.29, 0.717) is 5.69 Å². The number of nitrogens with one attached hydrogen (secondary N) is 1. The molecular formula is C21H22N2O5. The number of aliphatic hydroxyl groups excluding tert-OH is 1. The molecule has 0 aromatic heterocycles. The number of allylic oxidation sites excluding steroid dienone is 1. The number of para-hydroxylation sites is 1. The number of rotatable bonds is 8. The lowest BCUT2D eigenvalue weighted by atomic mass is 10.1. The van der Waals surface area contributed by atoms with Gasteiger partial charge in [0.1, 0.15) is 5.71 Å². The van der Waals surface area contributed by atoms with Crippen LogP contribution >= 0.6 is 0 Å². The van der Waals surface area contributed by atoms with Gasteiger partial charge in [0.15, 0.2) is 0 Å². The molecule has 1 atom stereocenters. The maximum Gasteiger partial charge on any atom is 0.354 e. The minimum Gasteiger partial charge on any atom is -0.465 e. The molecule has 0 aliphatic carbocycles. The highest BCUT2D eigenvalue weighted by Gasteiger charge is 2.13. The van der Waals surface area contributed by atoms with E-state index in [-0.39, 0.29) is 17.7 Å².